The van der Waals surface area contributed by atoms with Crippen LogP contribution < -0.4 is 10.3 Å². The van der Waals surface area contributed by atoms with Crippen molar-refractivity contribution < 1.29 is 17.6 Å². The highest BCUT2D eigenvalue weighted by Gasteiger charge is 2.25. The van der Waals surface area contributed by atoms with E-state index in [4.69, 9.17) is 4.42 Å². The van der Waals surface area contributed by atoms with Crippen molar-refractivity contribution in [1.29, 1.82) is 0 Å². The van der Waals surface area contributed by atoms with Crippen LogP contribution in [0.2, 0.25) is 0 Å². The largest absolute Gasteiger partial charge is 0.422 e. The van der Waals surface area contributed by atoms with Gasteiger partial charge in [-0.15, -0.1) is 0 Å². The maximum atomic E-state index is 13.1. The van der Waals surface area contributed by atoms with E-state index in [1.807, 2.05) is 6.07 Å². The number of ketones is 1. The molecule has 32 heavy (non-hydrogen) atoms. The third-order valence-corrected chi connectivity index (χ3v) is 5.81. The second-order valence-corrected chi connectivity index (χ2v) is 11.9. The summed E-state index contributed by atoms with van der Waals surface area (Å²) in [6.45, 7) is 12.5. The minimum absolute atomic E-state index is 0.0627. The average Bonchev–Trinajstić information content (AvgIpc) is 2.64. The lowest BCUT2D eigenvalue weighted by Crippen LogP contribution is -2.19. The second kappa shape index (κ2) is 7.89. The number of benzene rings is 2. The standard InChI is InChI=1S/C25H29NO5S/c1-24(2,3)17-12-16-13-19(23(28)31-22(16)20(14-17)25(4,5)6)21(27)15-8-10-18(11-9-15)26-32(7,29)30/h8-14,26H,1-7H3. The van der Waals surface area contributed by atoms with Gasteiger partial charge in [-0.25, -0.2) is 13.2 Å². The Kier molecular flexibility index (Phi) is 5.85. The van der Waals surface area contributed by atoms with E-state index in [2.05, 4.69) is 52.3 Å². The molecule has 170 valence electrons. The van der Waals surface area contributed by atoms with Crippen LogP contribution in [0, 0.1) is 0 Å². The summed E-state index contributed by atoms with van der Waals surface area (Å²) < 4.78 is 30.8. The molecular formula is C25H29NO5S. The molecule has 1 N–H and O–H groups in total. The Morgan fingerprint density at radius 2 is 1.50 bits per heavy atom. The third kappa shape index (κ3) is 5.10. The monoisotopic (exact) mass is 455 g/mol. The zero-order valence-corrected chi connectivity index (χ0v) is 20.3. The SMILES string of the molecule is CC(C)(C)c1cc(C(C)(C)C)c2oc(=O)c(C(=O)c3ccc(NS(C)(=O)=O)cc3)cc2c1. The van der Waals surface area contributed by atoms with Crippen LogP contribution >= 0.6 is 0 Å². The van der Waals surface area contributed by atoms with Crippen molar-refractivity contribution in [3.8, 4) is 0 Å². The Bertz CT molecular complexity index is 1350. The fourth-order valence-electron chi connectivity index (χ4n) is 3.44. The van der Waals surface area contributed by atoms with Gasteiger partial charge in [-0.1, -0.05) is 47.6 Å². The summed E-state index contributed by atoms with van der Waals surface area (Å²) >= 11 is 0. The molecule has 0 aliphatic heterocycles. The summed E-state index contributed by atoms with van der Waals surface area (Å²) in [5.41, 5.74) is 1.92. The summed E-state index contributed by atoms with van der Waals surface area (Å²) in [5.74, 6) is -0.481. The van der Waals surface area contributed by atoms with Gasteiger partial charge in [0.15, 0.2) is 5.78 Å². The van der Waals surface area contributed by atoms with Crippen LogP contribution in [-0.2, 0) is 20.9 Å². The molecule has 0 amide bonds. The first-order chi connectivity index (χ1) is 14.6. The van der Waals surface area contributed by atoms with Gasteiger partial charge in [-0.3, -0.25) is 9.52 Å². The number of hydrogen-bond acceptors (Lipinski definition) is 5. The summed E-state index contributed by atoms with van der Waals surface area (Å²) in [6.07, 6.45) is 1.05. The highest BCUT2D eigenvalue weighted by atomic mass is 32.2. The van der Waals surface area contributed by atoms with Crippen molar-refractivity contribution in [1.82, 2.24) is 0 Å². The van der Waals surface area contributed by atoms with Gasteiger partial charge in [0, 0.05) is 22.2 Å². The lowest BCUT2D eigenvalue weighted by Gasteiger charge is -2.26. The first kappa shape index (κ1) is 23.7. The second-order valence-electron chi connectivity index (χ2n) is 10.2. The van der Waals surface area contributed by atoms with Gasteiger partial charge < -0.3 is 4.42 Å². The Balaban J connectivity index is 2.14. The fraction of sp³-hybridized carbons (Fsp3) is 0.360. The van der Waals surface area contributed by atoms with Gasteiger partial charge in [0.2, 0.25) is 10.0 Å². The Hall–Kier alpha value is -2.93. The predicted octanol–water partition coefficient (Wildman–Crippen LogP) is 4.99. The molecule has 0 radical (unpaired) electrons. The van der Waals surface area contributed by atoms with Crippen LogP contribution in [0.4, 0.5) is 5.69 Å². The van der Waals surface area contributed by atoms with Gasteiger partial charge in [-0.2, -0.15) is 0 Å². The highest BCUT2D eigenvalue weighted by Crippen LogP contribution is 2.35. The van der Waals surface area contributed by atoms with E-state index < -0.39 is 21.4 Å². The van der Waals surface area contributed by atoms with Crippen molar-refractivity contribution in [2.24, 2.45) is 0 Å². The van der Waals surface area contributed by atoms with Crippen LogP contribution in [-0.4, -0.2) is 20.5 Å². The lowest BCUT2D eigenvalue weighted by molar-refractivity contribution is 0.103. The minimum Gasteiger partial charge on any atom is -0.422 e. The molecule has 0 unspecified atom stereocenters. The maximum Gasteiger partial charge on any atom is 0.347 e. The molecule has 3 aromatic rings. The Morgan fingerprint density at radius 3 is 2.00 bits per heavy atom. The number of fused-ring (bicyclic) bond motifs is 1. The third-order valence-electron chi connectivity index (χ3n) is 5.20. The molecule has 6 nitrogen and oxygen atoms in total. The van der Waals surface area contributed by atoms with Crippen molar-refractivity contribution in [2.75, 3.05) is 11.0 Å². The Labute approximate surface area is 188 Å². The topological polar surface area (TPSA) is 93.4 Å². The summed E-state index contributed by atoms with van der Waals surface area (Å²) in [7, 11) is -3.43. The molecule has 1 aromatic heterocycles. The van der Waals surface area contributed by atoms with Crippen LogP contribution in [0.1, 0.15) is 68.6 Å². The highest BCUT2D eigenvalue weighted by molar-refractivity contribution is 7.92. The fourth-order valence-corrected chi connectivity index (χ4v) is 4.01. The molecule has 1 heterocycles. The number of anilines is 1. The number of sulfonamides is 1. The number of rotatable bonds is 4. The van der Waals surface area contributed by atoms with Gasteiger partial charge in [0.25, 0.3) is 0 Å². The Morgan fingerprint density at radius 1 is 0.906 bits per heavy atom. The normalized spacial score (nSPS) is 12.7. The van der Waals surface area contributed by atoms with Crippen LogP contribution in [0.5, 0.6) is 0 Å². The van der Waals surface area contributed by atoms with E-state index >= 15 is 0 Å². The number of nitrogens with one attached hydrogen (secondary N) is 1. The van der Waals surface area contributed by atoms with E-state index in [9.17, 15) is 18.0 Å². The number of hydrogen-bond donors (Lipinski definition) is 1. The molecule has 0 spiro atoms. The molecule has 3 rings (SSSR count). The van der Waals surface area contributed by atoms with Gasteiger partial charge in [0.05, 0.1) is 6.26 Å². The maximum absolute atomic E-state index is 13.1. The zero-order valence-electron chi connectivity index (χ0n) is 19.5. The van der Waals surface area contributed by atoms with Crippen molar-refractivity contribution in [3.63, 3.8) is 0 Å². The summed E-state index contributed by atoms with van der Waals surface area (Å²) in [4.78, 5) is 25.9. The first-order valence-corrected chi connectivity index (χ1v) is 12.2. The molecule has 0 saturated heterocycles. The first-order valence-electron chi connectivity index (χ1n) is 10.3. The average molecular weight is 456 g/mol. The van der Waals surface area contributed by atoms with Crippen molar-refractivity contribution >= 4 is 32.5 Å². The molecule has 0 fully saturated rings. The molecule has 0 bridgehead atoms. The molecule has 0 atom stereocenters. The van der Waals surface area contributed by atoms with Gasteiger partial charge >= 0.3 is 5.63 Å². The van der Waals surface area contributed by atoms with Crippen LogP contribution in [0.25, 0.3) is 11.0 Å². The predicted molar refractivity (Wildman–Crippen MR) is 128 cm³/mol. The van der Waals surface area contributed by atoms with Crippen LogP contribution in [0.3, 0.4) is 0 Å². The van der Waals surface area contributed by atoms with Gasteiger partial charge in [0.1, 0.15) is 11.1 Å². The molecule has 0 aliphatic rings. The molecule has 7 heteroatoms. The zero-order chi connectivity index (χ0) is 24.1. The number of carbonyl (C=O) groups is 1. The minimum atomic E-state index is -3.43. The quantitative estimate of drug-likeness (QED) is 0.442. The smallest absolute Gasteiger partial charge is 0.347 e. The van der Waals surface area contributed by atoms with E-state index in [1.165, 1.54) is 24.3 Å². The number of carbonyl (C=O) groups excluding carboxylic acids is 1. The lowest BCUT2D eigenvalue weighted by atomic mass is 9.79. The molecule has 0 aliphatic carbocycles. The van der Waals surface area contributed by atoms with Crippen LogP contribution in [0.15, 0.2) is 51.7 Å². The van der Waals surface area contributed by atoms with E-state index in [1.54, 1.807) is 6.07 Å². The van der Waals surface area contributed by atoms with E-state index in [0.717, 1.165) is 17.4 Å². The van der Waals surface area contributed by atoms with Crippen molar-refractivity contribution in [3.05, 3.63) is 75.1 Å². The van der Waals surface area contributed by atoms with E-state index in [-0.39, 0.29) is 22.0 Å². The molecule has 0 saturated carbocycles. The van der Waals surface area contributed by atoms with Crippen molar-refractivity contribution in [2.45, 2.75) is 52.4 Å². The summed E-state index contributed by atoms with van der Waals surface area (Å²) in [5, 5.41) is 0.695. The summed E-state index contributed by atoms with van der Waals surface area (Å²) in [6, 6.07) is 11.5. The van der Waals surface area contributed by atoms with E-state index in [0.29, 0.717) is 16.7 Å². The molecular weight excluding hydrogens is 426 g/mol. The molecule has 2 aromatic carbocycles. The van der Waals surface area contributed by atoms with Gasteiger partial charge in [-0.05, 0) is 52.8 Å².